The highest BCUT2D eigenvalue weighted by molar-refractivity contribution is 5.97. The summed E-state index contributed by atoms with van der Waals surface area (Å²) in [5.41, 5.74) is 3.65. The predicted octanol–water partition coefficient (Wildman–Crippen LogP) is 12.5. The van der Waals surface area contributed by atoms with E-state index in [9.17, 15) is 29.7 Å². The number of hydrogen-bond donors (Lipinski definition) is 6. The van der Waals surface area contributed by atoms with Crippen LogP contribution in [0.3, 0.4) is 0 Å². The van der Waals surface area contributed by atoms with Crippen LogP contribution < -0.4 is 16.0 Å². The maximum absolute atomic E-state index is 12.6. The normalized spacial score (nSPS) is 12.7. The van der Waals surface area contributed by atoms with E-state index in [-0.39, 0.29) is 51.6 Å². The van der Waals surface area contributed by atoms with Gasteiger partial charge in [-0.25, -0.2) is 14.4 Å². The van der Waals surface area contributed by atoms with Crippen LogP contribution in [0.5, 0.6) is 0 Å². The Kier molecular flexibility index (Phi) is 18.8. The molecule has 0 fully saturated rings. The van der Waals surface area contributed by atoms with Gasteiger partial charge in [0.1, 0.15) is 0 Å². The molecule has 0 saturated heterocycles. The summed E-state index contributed by atoms with van der Waals surface area (Å²) >= 11 is 0. The van der Waals surface area contributed by atoms with Crippen molar-refractivity contribution in [2.24, 2.45) is 17.8 Å². The van der Waals surface area contributed by atoms with Crippen LogP contribution in [-0.2, 0) is 19.3 Å². The SMILES string of the molecule is CCCCC(CC)Cc1ccc(Nc2nc(Nc3ccc(CC(CC)CCCC)cc3C(=O)O)nc(Nc3ccc(CC(CC)CCCC)cc3C(=O)O)n2)c(C(=O)O)c1. The zero-order chi connectivity index (χ0) is 43.6. The lowest BCUT2D eigenvalue weighted by atomic mass is 9.91. The molecule has 0 radical (unpaired) electrons. The number of nitrogens with zero attached hydrogens (tertiary/aromatic N) is 3. The van der Waals surface area contributed by atoms with Crippen LogP contribution in [0, 0.1) is 17.8 Å². The molecular weight excluding hydrogens is 757 g/mol. The van der Waals surface area contributed by atoms with E-state index < -0.39 is 17.9 Å². The molecule has 3 aromatic carbocycles. The Balaban J connectivity index is 1.75. The molecule has 0 aliphatic carbocycles. The van der Waals surface area contributed by atoms with Crippen LogP contribution >= 0.6 is 0 Å². The number of carboxylic acids is 3. The molecule has 6 N–H and O–H groups in total. The van der Waals surface area contributed by atoms with Gasteiger partial charge in [-0.05, 0) is 90.1 Å². The molecule has 3 unspecified atom stereocenters. The number of carboxylic acid groups (broad SMARTS) is 3. The number of nitrogens with one attached hydrogen (secondary N) is 3. The second kappa shape index (κ2) is 23.9. The summed E-state index contributed by atoms with van der Waals surface area (Å²) in [6, 6.07) is 15.8. The first-order chi connectivity index (χ1) is 28.9. The lowest BCUT2D eigenvalue weighted by molar-refractivity contribution is 0.0687. The van der Waals surface area contributed by atoms with Crippen molar-refractivity contribution in [2.45, 2.75) is 138 Å². The Morgan fingerprint density at radius 2 is 0.733 bits per heavy atom. The molecule has 0 saturated carbocycles. The van der Waals surface area contributed by atoms with Crippen molar-refractivity contribution < 1.29 is 29.7 Å². The third kappa shape index (κ3) is 14.1. The summed E-state index contributed by atoms with van der Waals surface area (Å²) in [6.45, 7) is 12.9. The first kappa shape index (κ1) is 47.2. The molecule has 0 amide bonds. The Morgan fingerprint density at radius 1 is 0.467 bits per heavy atom. The number of unbranched alkanes of at least 4 members (excludes halogenated alkanes) is 3. The highest BCUT2D eigenvalue weighted by atomic mass is 16.4. The van der Waals surface area contributed by atoms with E-state index in [1.54, 1.807) is 36.4 Å². The molecule has 12 heteroatoms. The van der Waals surface area contributed by atoms with Crippen molar-refractivity contribution in [1.82, 2.24) is 15.0 Å². The van der Waals surface area contributed by atoms with E-state index in [4.69, 9.17) is 0 Å². The number of benzene rings is 3. The molecule has 0 spiro atoms. The molecule has 4 aromatic rings. The van der Waals surface area contributed by atoms with Gasteiger partial charge in [-0.3, -0.25) is 0 Å². The Hall–Kier alpha value is -5.52. The van der Waals surface area contributed by atoms with Gasteiger partial charge in [-0.1, -0.05) is 137 Å². The average molecular weight is 823 g/mol. The molecule has 4 rings (SSSR count). The van der Waals surface area contributed by atoms with Crippen molar-refractivity contribution in [2.75, 3.05) is 16.0 Å². The minimum atomic E-state index is -1.12. The molecule has 0 aliphatic rings. The zero-order valence-electron chi connectivity index (χ0n) is 36.4. The van der Waals surface area contributed by atoms with E-state index in [0.29, 0.717) is 17.8 Å². The van der Waals surface area contributed by atoms with Gasteiger partial charge in [0.05, 0.1) is 33.8 Å². The third-order valence-electron chi connectivity index (χ3n) is 11.5. The number of rotatable bonds is 27. The summed E-state index contributed by atoms with van der Waals surface area (Å²) < 4.78 is 0. The Labute approximate surface area is 356 Å². The van der Waals surface area contributed by atoms with Gasteiger partial charge in [-0.15, -0.1) is 0 Å². The quantitative estimate of drug-likeness (QED) is 0.0335. The standard InChI is InChI=1S/C48H66N6O6/c1-7-13-16-31(10-4)25-34-19-22-40(37(28-34)43(55)56)49-46-52-47(50-41-23-20-35(29-38(41)44(57)58)26-32(11-5)17-14-8-2)54-48(53-46)51-42-24-21-36(30-39(42)45(59)60)27-33(12-6)18-15-9-3/h19-24,28-33H,7-18,25-27H2,1-6H3,(H,55,56)(H,57,58)(H,59,60)(H3,49,50,51,52,53,54). The number of hydrogen-bond acceptors (Lipinski definition) is 9. The highest BCUT2D eigenvalue weighted by Crippen LogP contribution is 2.30. The average Bonchev–Trinajstić information content (AvgIpc) is 3.23. The van der Waals surface area contributed by atoms with Gasteiger partial charge in [-0.2, -0.15) is 15.0 Å². The molecule has 12 nitrogen and oxygen atoms in total. The van der Waals surface area contributed by atoms with Gasteiger partial charge in [0.15, 0.2) is 0 Å². The number of aromatic carboxylic acids is 3. The molecule has 60 heavy (non-hydrogen) atoms. The fourth-order valence-electron chi connectivity index (χ4n) is 7.75. The van der Waals surface area contributed by atoms with Crippen LogP contribution in [-0.4, -0.2) is 48.2 Å². The van der Waals surface area contributed by atoms with Crippen molar-refractivity contribution in [3.05, 3.63) is 88.0 Å². The fraction of sp³-hybridized carbons (Fsp3) is 0.500. The maximum Gasteiger partial charge on any atom is 0.337 e. The predicted molar refractivity (Wildman–Crippen MR) is 241 cm³/mol. The van der Waals surface area contributed by atoms with E-state index >= 15 is 0 Å². The van der Waals surface area contributed by atoms with Crippen LogP contribution in [0.1, 0.15) is 166 Å². The summed E-state index contributed by atoms with van der Waals surface area (Å²) in [6.07, 6.45) is 15.1. The van der Waals surface area contributed by atoms with Crippen molar-refractivity contribution >= 4 is 52.8 Å². The van der Waals surface area contributed by atoms with Crippen LogP contribution in [0.15, 0.2) is 54.6 Å². The number of carbonyl (C=O) groups is 3. The van der Waals surface area contributed by atoms with E-state index in [2.05, 4.69) is 72.4 Å². The van der Waals surface area contributed by atoms with Gasteiger partial charge in [0.25, 0.3) is 0 Å². The Bertz CT molecular complexity index is 1800. The summed E-state index contributed by atoms with van der Waals surface area (Å²) in [7, 11) is 0. The van der Waals surface area contributed by atoms with E-state index in [1.165, 1.54) is 0 Å². The number of anilines is 6. The topological polar surface area (TPSA) is 187 Å². The van der Waals surface area contributed by atoms with Crippen molar-refractivity contribution in [1.29, 1.82) is 0 Å². The fourth-order valence-corrected chi connectivity index (χ4v) is 7.75. The maximum atomic E-state index is 12.6. The molecular formula is C48H66N6O6. The zero-order valence-corrected chi connectivity index (χ0v) is 36.4. The van der Waals surface area contributed by atoms with Crippen LogP contribution in [0.25, 0.3) is 0 Å². The number of aromatic nitrogens is 3. The van der Waals surface area contributed by atoms with E-state index in [1.807, 2.05) is 18.2 Å². The largest absolute Gasteiger partial charge is 0.478 e. The minimum Gasteiger partial charge on any atom is -0.478 e. The lowest BCUT2D eigenvalue weighted by Crippen LogP contribution is -2.12. The molecule has 3 atom stereocenters. The first-order valence-electron chi connectivity index (χ1n) is 22.1. The van der Waals surface area contributed by atoms with E-state index in [0.717, 1.165) is 113 Å². The monoisotopic (exact) mass is 823 g/mol. The first-order valence-corrected chi connectivity index (χ1v) is 22.1. The van der Waals surface area contributed by atoms with Gasteiger partial charge >= 0.3 is 17.9 Å². The highest BCUT2D eigenvalue weighted by Gasteiger charge is 2.20. The second-order valence-electron chi connectivity index (χ2n) is 16.1. The second-order valence-corrected chi connectivity index (χ2v) is 16.1. The van der Waals surface area contributed by atoms with Gasteiger partial charge in [0, 0.05) is 0 Å². The molecule has 324 valence electrons. The smallest absolute Gasteiger partial charge is 0.337 e. The molecule has 1 aromatic heterocycles. The van der Waals surface area contributed by atoms with Crippen molar-refractivity contribution in [3.8, 4) is 0 Å². The summed E-state index contributed by atoms with van der Waals surface area (Å²) in [4.78, 5) is 51.5. The minimum absolute atomic E-state index is 0.0370. The summed E-state index contributed by atoms with van der Waals surface area (Å²) in [5.74, 6) is -2.16. The van der Waals surface area contributed by atoms with Gasteiger partial charge < -0.3 is 31.3 Å². The van der Waals surface area contributed by atoms with Crippen molar-refractivity contribution in [3.63, 3.8) is 0 Å². The van der Waals surface area contributed by atoms with Crippen LogP contribution in [0.4, 0.5) is 34.9 Å². The van der Waals surface area contributed by atoms with Gasteiger partial charge in [0.2, 0.25) is 17.8 Å². The molecule has 0 aliphatic heterocycles. The summed E-state index contributed by atoms with van der Waals surface area (Å²) in [5, 5.41) is 40.1. The molecule has 1 heterocycles. The molecule has 0 bridgehead atoms. The Morgan fingerprint density at radius 3 is 0.950 bits per heavy atom. The third-order valence-corrected chi connectivity index (χ3v) is 11.5. The van der Waals surface area contributed by atoms with Crippen LogP contribution in [0.2, 0.25) is 0 Å². The lowest BCUT2D eigenvalue weighted by Gasteiger charge is -2.18.